The van der Waals surface area contributed by atoms with E-state index in [0.29, 0.717) is 5.75 Å². The van der Waals surface area contributed by atoms with Gasteiger partial charge in [-0.2, -0.15) is 0 Å². The van der Waals surface area contributed by atoms with Crippen molar-refractivity contribution in [1.29, 1.82) is 0 Å². The van der Waals surface area contributed by atoms with Gasteiger partial charge in [0.2, 0.25) is 0 Å². The maximum Gasteiger partial charge on any atom is 0.258 e. The van der Waals surface area contributed by atoms with Crippen molar-refractivity contribution in [3.05, 3.63) is 63.6 Å². The molecule has 0 saturated carbocycles. The molecule has 0 fully saturated rings. The molecule has 0 saturated heterocycles. The summed E-state index contributed by atoms with van der Waals surface area (Å²) in [5, 5.41) is 2.97. The highest BCUT2D eigenvalue weighted by molar-refractivity contribution is 9.10. The summed E-state index contributed by atoms with van der Waals surface area (Å²) in [7, 11) is 0. The number of hydrogen-bond donors (Lipinski definition) is 1. The van der Waals surface area contributed by atoms with Crippen molar-refractivity contribution in [2.45, 2.75) is 39.7 Å². The number of ether oxygens (including phenoxy) is 1. The lowest BCUT2D eigenvalue weighted by Crippen LogP contribution is -2.31. The first-order valence-electron chi connectivity index (χ1n) is 8.32. The third-order valence-corrected chi connectivity index (χ3v) is 4.65. The van der Waals surface area contributed by atoms with E-state index in [2.05, 4.69) is 59.4 Å². The van der Waals surface area contributed by atoms with Crippen molar-refractivity contribution < 1.29 is 9.53 Å². The van der Waals surface area contributed by atoms with Gasteiger partial charge in [0.05, 0.1) is 10.5 Å². The summed E-state index contributed by atoms with van der Waals surface area (Å²) < 4.78 is 6.49. The number of carbonyl (C=O) groups excluding carboxylic acids is 1. The van der Waals surface area contributed by atoms with Crippen LogP contribution < -0.4 is 10.1 Å². The number of nitrogens with one attached hydrogen (secondary N) is 1. The molecule has 0 heterocycles. The molecule has 0 bridgehead atoms. The molecule has 4 heteroatoms. The lowest BCUT2D eigenvalue weighted by molar-refractivity contribution is -0.123. The van der Waals surface area contributed by atoms with Gasteiger partial charge in [0.25, 0.3) is 5.91 Å². The second-order valence-electron chi connectivity index (χ2n) is 5.79. The van der Waals surface area contributed by atoms with Gasteiger partial charge in [-0.05, 0) is 64.5 Å². The van der Waals surface area contributed by atoms with Gasteiger partial charge in [0, 0.05) is 0 Å². The Morgan fingerprint density at radius 1 is 1.08 bits per heavy atom. The van der Waals surface area contributed by atoms with Crippen LogP contribution in [0.5, 0.6) is 5.75 Å². The molecule has 0 spiro atoms. The smallest absolute Gasteiger partial charge is 0.258 e. The van der Waals surface area contributed by atoms with Crippen molar-refractivity contribution in [2.75, 3.05) is 6.61 Å². The molecule has 2 aromatic rings. The number of aryl methyl sites for hydroxylation is 2. The minimum atomic E-state index is -0.131. The van der Waals surface area contributed by atoms with Crippen LogP contribution in [0.25, 0.3) is 0 Å². The van der Waals surface area contributed by atoms with Gasteiger partial charge in [-0.25, -0.2) is 0 Å². The molecule has 1 N–H and O–H groups in total. The molecule has 2 aromatic carbocycles. The minimum absolute atomic E-state index is 0.00144. The molecule has 3 nitrogen and oxygen atoms in total. The third kappa shape index (κ3) is 5.10. The SMILES string of the molecule is CCc1ccc([C@@H](C)NC(=O)COc2ccc(CC)cc2Br)cc1. The maximum absolute atomic E-state index is 12.1. The zero-order valence-electron chi connectivity index (χ0n) is 14.4. The van der Waals surface area contributed by atoms with Crippen LogP contribution in [0.15, 0.2) is 46.9 Å². The molecular weight excluding hydrogens is 366 g/mol. The van der Waals surface area contributed by atoms with E-state index in [0.717, 1.165) is 22.9 Å². The van der Waals surface area contributed by atoms with Crippen LogP contribution in [0.2, 0.25) is 0 Å². The molecule has 0 aromatic heterocycles. The minimum Gasteiger partial charge on any atom is -0.483 e. The predicted octanol–water partition coefficient (Wildman–Crippen LogP) is 4.83. The normalized spacial score (nSPS) is 11.8. The summed E-state index contributed by atoms with van der Waals surface area (Å²) in [6.07, 6.45) is 1.98. The van der Waals surface area contributed by atoms with Crippen LogP contribution in [0, 0.1) is 0 Å². The number of amides is 1. The zero-order chi connectivity index (χ0) is 17.5. The lowest BCUT2D eigenvalue weighted by atomic mass is 10.1. The number of hydrogen-bond acceptors (Lipinski definition) is 2. The topological polar surface area (TPSA) is 38.3 Å². The highest BCUT2D eigenvalue weighted by Crippen LogP contribution is 2.26. The van der Waals surface area contributed by atoms with Crippen molar-refractivity contribution in [3.8, 4) is 5.75 Å². The van der Waals surface area contributed by atoms with Crippen LogP contribution in [-0.4, -0.2) is 12.5 Å². The Kier molecular flexibility index (Phi) is 6.85. The molecule has 128 valence electrons. The van der Waals surface area contributed by atoms with Crippen molar-refractivity contribution in [2.24, 2.45) is 0 Å². The van der Waals surface area contributed by atoms with Crippen LogP contribution in [-0.2, 0) is 17.6 Å². The van der Waals surface area contributed by atoms with Crippen LogP contribution in [0.3, 0.4) is 0 Å². The van der Waals surface area contributed by atoms with E-state index in [4.69, 9.17) is 4.74 Å². The van der Waals surface area contributed by atoms with Crippen LogP contribution >= 0.6 is 15.9 Å². The number of carbonyl (C=O) groups is 1. The van der Waals surface area contributed by atoms with E-state index in [1.165, 1.54) is 11.1 Å². The fourth-order valence-electron chi connectivity index (χ4n) is 2.43. The Morgan fingerprint density at radius 2 is 1.71 bits per heavy atom. The predicted molar refractivity (Wildman–Crippen MR) is 101 cm³/mol. The number of rotatable bonds is 7. The lowest BCUT2D eigenvalue weighted by Gasteiger charge is -2.15. The molecule has 0 aliphatic carbocycles. The Labute approximate surface area is 152 Å². The molecule has 0 aliphatic rings. The van der Waals surface area contributed by atoms with Crippen LogP contribution in [0.1, 0.15) is 43.5 Å². The van der Waals surface area contributed by atoms with Gasteiger partial charge in [0.15, 0.2) is 6.61 Å². The van der Waals surface area contributed by atoms with Gasteiger partial charge in [-0.15, -0.1) is 0 Å². The summed E-state index contributed by atoms with van der Waals surface area (Å²) >= 11 is 3.48. The van der Waals surface area contributed by atoms with E-state index in [1.807, 2.05) is 25.1 Å². The second-order valence-corrected chi connectivity index (χ2v) is 6.65. The standard InChI is InChI=1S/C20H24BrNO2/c1-4-15-6-9-17(10-7-15)14(3)22-20(23)13-24-19-11-8-16(5-2)12-18(19)21/h6-12,14H,4-5,13H2,1-3H3,(H,22,23)/t14-/m1/s1. The Balaban J connectivity index is 1.88. The largest absolute Gasteiger partial charge is 0.483 e. The molecular formula is C20H24BrNO2. The Morgan fingerprint density at radius 3 is 2.29 bits per heavy atom. The first kappa shape index (κ1) is 18.5. The van der Waals surface area contributed by atoms with Gasteiger partial charge < -0.3 is 10.1 Å². The van der Waals surface area contributed by atoms with E-state index >= 15 is 0 Å². The summed E-state index contributed by atoms with van der Waals surface area (Å²) in [5.41, 5.74) is 3.61. The summed E-state index contributed by atoms with van der Waals surface area (Å²) in [4.78, 5) is 12.1. The molecule has 0 unspecified atom stereocenters. The third-order valence-electron chi connectivity index (χ3n) is 4.03. The highest BCUT2D eigenvalue weighted by Gasteiger charge is 2.11. The molecule has 0 radical (unpaired) electrons. The van der Waals surface area contributed by atoms with E-state index in [-0.39, 0.29) is 18.6 Å². The second kappa shape index (κ2) is 8.88. The zero-order valence-corrected chi connectivity index (χ0v) is 16.0. The first-order valence-corrected chi connectivity index (χ1v) is 9.12. The highest BCUT2D eigenvalue weighted by atomic mass is 79.9. The fraction of sp³-hybridized carbons (Fsp3) is 0.350. The summed E-state index contributed by atoms with van der Waals surface area (Å²) in [6, 6.07) is 14.2. The Hall–Kier alpha value is -1.81. The van der Waals surface area contributed by atoms with Crippen molar-refractivity contribution in [3.63, 3.8) is 0 Å². The molecule has 1 amide bonds. The fourth-order valence-corrected chi connectivity index (χ4v) is 2.97. The van der Waals surface area contributed by atoms with Crippen molar-refractivity contribution >= 4 is 21.8 Å². The van der Waals surface area contributed by atoms with E-state index in [9.17, 15) is 4.79 Å². The van der Waals surface area contributed by atoms with Gasteiger partial charge >= 0.3 is 0 Å². The average Bonchev–Trinajstić information content (AvgIpc) is 2.60. The number of benzene rings is 2. The molecule has 2 rings (SSSR count). The van der Waals surface area contributed by atoms with Gasteiger partial charge in [-0.3, -0.25) is 4.79 Å². The van der Waals surface area contributed by atoms with Crippen LogP contribution in [0.4, 0.5) is 0 Å². The van der Waals surface area contributed by atoms with E-state index < -0.39 is 0 Å². The van der Waals surface area contributed by atoms with Crippen molar-refractivity contribution in [1.82, 2.24) is 5.32 Å². The summed E-state index contributed by atoms with van der Waals surface area (Å²) in [5.74, 6) is 0.552. The quantitative estimate of drug-likeness (QED) is 0.736. The monoisotopic (exact) mass is 389 g/mol. The maximum atomic E-state index is 12.1. The molecule has 1 atom stereocenters. The Bertz CT molecular complexity index is 683. The van der Waals surface area contributed by atoms with Gasteiger partial charge in [-0.1, -0.05) is 44.2 Å². The summed E-state index contributed by atoms with van der Waals surface area (Å²) in [6.45, 7) is 6.21. The molecule has 0 aliphatic heterocycles. The van der Waals surface area contributed by atoms with E-state index in [1.54, 1.807) is 0 Å². The first-order chi connectivity index (χ1) is 11.5. The average molecular weight is 390 g/mol. The number of halogens is 1. The van der Waals surface area contributed by atoms with Gasteiger partial charge in [0.1, 0.15) is 5.75 Å². The molecule has 24 heavy (non-hydrogen) atoms.